The van der Waals surface area contributed by atoms with E-state index in [0.29, 0.717) is 0 Å². The van der Waals surface area contributed by atoms with Gasteiger partial charge in [-0.05, 0) is 91.0 Å². The zero-order valence-corrected chi connectivity index (χ0v) is 35.0. The minimum Gasteiger partial charge on any atom is -0.455 e. The molecule has 4 nitrogen and oxygen atoms in total. The molecule has 2 aromatic heterocycles. The fourth-order valence-electron chi connectivity index (χ4n) is 9.20. The van der Waals surface area contributed by atoms with Gasteiger partial charge in [0, 0.05) is 76.5 Å². The quantitative estimate of drug-likeness (QED) is 0.145. The predicted molar refractivity (Wildman–Crippen MR) is 268 cm³/mol. The highest BCUT2D eigenvalue weighted by Crippen LogP contribution is 2.51. The lowest BCUT2D eigenvalue weighted by atomic mass is 10.00. The second kappa shape index (κ2) is 15.4. The summed E-state index contributed by atoms with van der Waals surface area (Å²) in [5, 5.41) is 6.76. The first kappa shape index (κ1) is 36.7. The summed E-state index contributed by atoms with van der Waals surface area (Å²) in [6.45, 7) is 0. The maximum Gasteiger partial charge on any atom is 0.143 e. The van der Waals surface area contributed by atoms with E-state index in [2.05, 4.69) is 251 Å². The Kier molecular flexibility index (Phi) is 8.98. The Morgan fingerprint density at radius 1 is 0.286 bits per heavy atom. The molecule has 0 atom stereocenters. The Hall–Kier alpha value is -8.12. The van der Waals surface area contributed by atoms with Crippen LogP contribution in [-0.4, -0.2) is 0 Å². The average Bonchev–Trinajstić information content (AvgIpc) is 3.92. The van der Waals surface area contributed by atoms with Gasteiger partial charge in [-0.15, -0.1) is 11.3 Å². The molecule has 0 aliphatic heterocycles. The summed E-state index contributed by atoms with van der Waals surface area (Å²) in [6.07, 6.45) is 0. The van der Waals surface area contributed by atoms with Gasteiger partial charge in [-0.25, -0.2) is 0 Å². The van der Waals surface area contributed by atoms with Gasteiger partial charge in [-0.3, -0.25) is 0 Å². The maximum absolute atomic E-state index is 7.28. The van der Waals surface area contributed by atoms with Crippen LogP contribution in [0.5, 0.6) is 0 Å². The molecule has 0 spiro atoms. The van der Waals surface area contributed by atoms with Crippen LogP contribution in [0, 0.1) is 0 Å². The van der Waals surface area contributed by atoms with Crippen molar-refractivity contribution in [1.82, 2.24) is 0 Å². The summed E-state index contributed by atoms with van der Waals surface area (Å²) in [5.74, 6) is 0. The van der Waals surface area contributed by atoms with E-state index in [4.69, 9.17) is 4.42 Å². The van der Waals surface area contributed by atoms with Gasteiger partial charge in [0.25, 0.3) is 0 Å². The Labute approximate surface area is 369 Å². The highest BCUT2D eigenvalue weighted by Gasteiger charge is 2.26. The summed E-state index contributed by atoms with van der Waals surface area (Å²) >= 11 is 1.84. The van der Waals surface area contributed by atoms with E-state index in [1.54, 1.807) is 0 Å². The highest BCUT2D eigenvalue weighted by molar-refractivity contribution is 7.25. The molecular weight excluding hydrogens is 787 g/mol. The molecule has 10 aromatic carbocycles. The van der Waals surface area contributed by atoms with E-state index in [1.807, 2.05) is 11.3 Å². The fraction of sp³-hybridized carbons (Fsp3) is 0. The van der Waals surface area contributed by atoms with Crippen LogP contribution in [0.2, 0.25) is 0 Å². The van der Waals surface area contributed by atoms with Crippen molar-refractivity contribution in [1.29, 1.82) is 0 Å². The number of thiophene rings is 1. The summed E-state index contributed by atoms with van der Waals surface area (Å²) in [5.41, 5.74) is 11.1. The van der Waals surface area contributed by atoms with Crippen LogP contribution in [0.3, 0.4) is 0 Å². The Balaban J connectivity index is 1.19. The van der Waals surface area contributed by atoms with Gasteiger partial charge in [-0.1, -0.05) is 140 Å². The van der Waals surface area contributed by atoms with Gasteiger partial charge < -0.3 is 19.1 Å². The van der Waals surface area contributed by atoms with Gasteiger partial charge in [0.15, 0.2) is 0 Å². The van der Waals surface area contributed by atoms with Crippen molar-refractivity contribution in [3.05, 3.63) is 237 Å². The Bertz CT molecular complexity index is 3490. The maximum atomic E-state index is 7.28. The van der Waals surface area contributed by atoms with Gasteiger partial charge in [0.1, 0.15) is 11.2 Å². The van der Waals surface area contributed by atoms with Crippen molar-refractivity contribution in [2.45, 2.75) is 0 Å². The first-order chi connectivity index (χ1) is 31.3. The molecule has 0 saturated heterocycles. The van der Waals surface area contributed by atoms with E-state index in [-0.39, 0.29) is 0 Å². The van der Waals surface area contributed by atoms with Crippen LogP contribution < -0.4 is 14.7 Å². The zero-order chi connectivity index (χ0) is 41.7. The van der Waals surface area contributed by atoms with Crippen molar-refractivity contribution >= 4 is 115 Å². The van der Waals surface area contributed by atoms with E-state index < -0.39 is 0 Å². The molecule has 5 heteroatoms. The van der Waals surface area contributed by atoms with E-state index in [1.165, 1.54) is 20.2 Å². The van der Waals surface area contributed by atoms with Crippen LogP contribution in [0.25, 0.3) is 52.9 Å². The Morgan fingerprint density at radius 2 is 0.746 bits per heavy atom. The van der Waals surface area contributed by atoms with E-state index >= 15 is 0 Å². The molecular formula is C58H39N3OS. The normalized spacial score (nSPS) is 11.5. The minimum atomic E-state index is 0.798. The third-order valence-corrected chi connectivity index (χ3v) is 13.1. The molecule has 12 rings (SSSR count). The standard InChI is InChI=1S/C58H39N3OS/c1-6-20-40(21-7-1)59(45-34-35-49-48-31-18-19-33-55(48)63-56(49)38-45)46-36-53(61(43-26-12-4-13-27-43)44-28-14-5-15-29-44)57-51-39-52(47-30-16-17-32-50(47)58(51)62-54(57)37-46)60(41-22-8-2-9-23-41)42-24-10-3-11-25-42/h1-39H. The third kappa shape index (κ3) is 6.37. The lowest BCUT2D eigenvalue weighted by molar-refractivity contribution is 0.673. The number of para-hydroxylation sites is 5. The molecule has 0 bridgehead atoms. The third-order valence-electron chi connectivity index (χ3n) is 12.0. The van der Waals surface area contributed by atoms with Crippen LogP contribution in [0.1, 0.15) is 0 Å². The molecule has 0 radical (unpaired) electrons. The number of benzene rings is 10. The van der Waals surface area contributed by atoms with Gasteiger partial charge in [-0.2, -0.15) is 0 Å². The second-order valence-corrected chi connectivity index (χ2v) is 16.8. The number of rotatable bonds is 9. The van der Waals surface area contributed by atoms with Gasteiger partial charge in [0.2, 0.25) is 0 Å². The lowest BCUT2D eigenvalue weighted by Crippen LogP contribution is -2.13. The molecule has 12 aromatic rings. The van der Waals surface area contributed by atoms with E-state index in [9.17, 15) is 0 Å². The van der Waals surface area contributed by atoms with Crippen molar-refractivity contribution in [2.75, 3.05) is 14.7 Å². The zero-order valence-electron chi connectivity index (χ0n) is 34.2. The number of nitrogens with zero attached hydrogens (tertiary/aromatic N) is 3. The van der Waals surface area contributed by atoms with Crippen LogP contribution >= 0.6 is 11.3 Å². The molecule has 0 aliphatic rings. The number of hydrogen-bond acceptors (Lipinski definition) is 5. The van der Waals surface area contributed by atoms with Crippen LogP contribution in [0.4, 0.5) is 51.2 Å². The minimum absolute atomic E-state index is 0.798. The summed E-state index contributed by atoms with van der Waals surface area (Å²) in [4.78, 5) is 7.10. The van der Waals surface area contributed by atoms with Crippen molar-refractivity contribution in [3.63, 3.8) is 0 Å². The Morgan fingerprint density at radius 3 is 1.32 bits per heavy atom. The number of anilines is 9. The van der Waals surface area contributed by atoms with Crippen molar-refractivity contribution in [3.8, 4) is 0 Å². The molecule has 2 heterocycles. The summed E-state index contributed by atoms with van der Waals surface area (Å²) < 4.78 is 9.81. The monoisotopic (exact) mass is 825 g/mol. The molecule has 298 valence electrons. The number of hydrogen-bond donors (Lipinski definition) is 0. The lowest BCUT2D eigenvalue weighted by Gasteiger charge is -2.30. The highest BCUT2D eigenvalue weighted by atomic mass is 32.1. The smallest absolute Gasteiger partial charge is 0.143 e. The molecule has 0 unspecified atom stereocenters. The summed E-state index contributed by atoms with van der Waals surface area (Å²) in [6, 6.07) is 84.4. The second-order valence-electron chi connectivity index (χ2n) is 15.7. The molecule has 0 fully saturated rings. The number of furan rings is 1. The predicted octanol–water partition coefficient (Wildman–Crippen LogP) is 17.5. The molecule has 0 aliphatic carbocycles. The molecule has 63 heavy (non-hydrogen) atoms. The van der Waals surface area contributed by atoms with Gasteiger partial charge >= 0.3 is 0 Å². The SMILES string of the molecule is c1ccc(N(c2cc(N(c3ccccc3)c3ccccc3)c3c(c2)oc2c4ccccc4c(N(c4ccccc4)c4ccccc4)cc23)c2ccc3c(c2)sc2ccccc23)cc1. The topological polar surface area (TPSA) is 22.9 Å². The largest absolute Gasteiger partial charge is 0.455 e. The fourth-order valence-corrected chi connectivity index (χ4v) is 10.3. The van der Waals surface area contributed by atoms with Gasteiger partial charge in [0.05, 0.1) is 22.4 Å². The molecule has 0 saturated carbocycles. The first-order valence-electron chi connectivity index (χ1n) is 21.3. The first-order valence-corrected chi connectivity index (χ1v) is 22.1. The van der Waals surface area contributed by atoms with Crippen LogP contribution in [0.15, 0.2) is 241 Å². The number of fused-ring (bicyclic) bond motifs is 8. The van der Waals surface area contributed by atoms with Crippen LogP contribution in [-0.2, 0) is 0 Å². The summed E-state index contributed by atoms with van der Waals surface area (Å²) in [7, 11) is 0. The molecule has 0 amide bonds. The van der Waals surface area contributed by atoms with E-state index in [0.717, 1.165) is 83.9 Å². The van der Waals surface area contributed by atoms with Crippen molar-refractivity contribution < 1.29 is 4.42 Å². The molecule has 0 N–H and O–H groups in total. The average molecular weight is 826 g/mol. The van der Waals surface area contributed by atoms with Crippen molar-refractivity contribution in [2.24, 2.45) is 0 Å².